The molecule has 6 nitrogen and oxygen atoms in total. The lowest BCUT2D eigenvalue weighted by atomic mass is 10.1. The van der Waals surface area contributed by atoms with Crippen LogP contribution < -0.4 is 26.4 Å². The van der Waals surface area contributed by atoms with Gasteiger partial charge in [0.25, 0.3) is 0 Å². The molecule has 34 heavy (non-hydrogen) atoms. The molecule has 0 atom stereocenters. The lowest BCUT2D eigenvalue weighted by Crippen LogP contribution is -2.07. The number of rotatable bonds is 10. The average molecular weight is 459 g/mol. The van der Waals surface area contributed by atoms with Crippen molar-refractivity contribution in [3.05, 3.63) is 82.5 Å². The van der Waals surface area contributed by atoms with Crippen LogP contribution in [0.1, 0.15) is 31.2 Å². The first-order valence-corrected chi connectivity index (χ1v) is 11.6. The first kappa shape index (κ1) is 23.2. The van der Waals surface area contributed by atoms with Crippen LogP contribution in [0, 0.1) is 6.92 Å². The highest BCUT2D eigenvalue weighted by molar-refractivity contribution is 5.81. The van der Waals surface area contributed by atoms with Gasteiger partial charge in [-0.2, -0.15) is 0 Å². The number of nitrogens with two attached hydrogens (primary N) is 2. The van der Waals surface area contributed by atoms with Gasteiger partial charge in [0.05, 0.1) is 24.3 Å². The molecule has 0 aliphatic heterocycles. The highest BCUT2D eigenvalue weighted by atomic mass is 16.5. The zero-order valence-corrected chi connectivity index (χ0v) is 19.4. The fourth-order valence-electron chi connectivity index (χ4n) is 3.83. The summed E-state index contributed by atoms with van der Waals surface area (Å²) in [6, 6.07) is 20.3. The highest BCUT2D eigenvalue weighted by Crippen LogP contribution is 2.28. The van der Waals surface area contributed by atoms with E-state index in [9.17, 15) is 4.79 Å². The summed E-state index contributed by atoms with van der Waals surface area (Å²) in [6.45, 7) is 2.99. The molecule has 1 heterocycles. The molecule has 0 aliphatic rings. The molecule has 4 N–H and O–H groups in total. The molecule has 0 unspecified atom stereocenters. The van der Waals surface area contributed by atoms with Crippen LogP contribution in [0.4, 0.5) is 11.4 Å². The van der Waals surface area contributed by atoms with Crippen molar-refractivity contribution in [2.75, 3.05) is 24.7 Å². The van der Waals surface area contributed by atoms with Gasteiger partial charge in [-0.25, -0.2) is 0 Å². The van der Waals surface area contributed by atoms with Crippen molar-refractivity contribution in [1.82, 2.24) is 0 Å². The molecular weight excluding hydrogens is 428 g/mol. The van der Waals surface area contributed by atoms with Gasteiger partial charge in [0.1, 0.15) is 22.8 Å². The van der Waals surface area contributed by atoms with E-state index in [0.717, 1.165) is 31.2 Å². The van der Waals surface area contributed by atoms with Gasteiger partial charge in [-0.3, -0.25) is 4.79 Å². The van der Waals surface area contributed by atoms with E-state index in [-0.39, 0.29) is 5.43 Å². The number of nitrogen functional groups attached to an aromatic ring is 2. The topological polar surface area (TPSA) is 101 Å². The monoisotopic (exact) mass is 458 g/mol. The molecule has 0 aliphatic carbocycles. The van der Waals surface area contributed by atoms with E-state index in [0.29, 0.717) is 58.4 Å². The fraction of sp³-hybridized carbons (Fsp3) is 0.250. The Morgan fingerprint density at radius 2 is 1.56 bits per heavy atom. The molecule has 0 radical (unpaired) electrons. The minimum absolute atomic E-state index is 0.0196. The summed E-state index contributed by atoms with van der Waals surface area (Å²) in [5.41, 5.74) is 14.9. The maximum atomic E-state index is 12.8. The van der Waals surface area contributed by atoms with Crippen molar-refractivity contribution in [2.45, 2.75) is 32.6 Å². The normalized spacial score (nSPS) is 11.0. The van der Waals surface area contributed by atoms with Gasteiger partial charge in [0.15, 0.2) is 5.43 Å². The maximum absolute atomic E-state index is 12.8. The number of ether oxygens (including phenoxy) is 2. The Morgan fingerprint density at radius 3 is 2.32 bits per heavy atom. The molecule has 1 aromatic heterocycles. The largest absolute Gasteiger partial charge is 0.493 e. The van der Waals surface area contributed by atoms with Crippen LogP contribution in [0.2, 0.25) is 0 Å². The lowest BCUT2D eigenvalue weighted by Gasteiger charge is -2.10. The van der Waals surface area contributed by atoms with E-state index in [2.05, 4.69) is 0 Å². The van der Waals surface area contributed by atoms with Gasteiger partial charge >= 0.3 is 0 Å². The van der Waals surface area contributed by atoms with Crippen LogP contribution in [-0.4, -0.2) is 13.2 Å². The SMILES string of the molecule is Cc1c(-c2ccccc2)oc2cc(OCCCCCCOc3cc(N)ccc3N)ccc2c1=O. The summed E-state index contributed by atoms with van der Waals surface area (Å²) < 4.78 is 17.7. The predicted octanol–water partition coefficient (Wildman–Crippen LogP) is 5.95. The van der Waals surface area contributed by atoms with E-state index in [4.69, 9.17) is 25.4 Å². The Morgan fingerprint density at radius 1 is 0.824 bits per heavy atom. The molecule has 176 valence electrons. The van der Waals surface area contributed by atoms with E-state index in [1.165, 1.54) is 0 Å². The van der Waals surface area contributed by atoms with Gasteiger partial charge < -0.3 is 25.4 Å². The minimum atomic E-state index is -0.0196. The molecular formula is C28H30N2O4. The molecule has 4 rings (SSSR count). The molecule has 0 saturated heterocycles. The number of fused-ring (bicyclic) bond motifs is 1. The molecule has 0 fully saturated rings. The van der Waals surface area contributed by atoms with Crippen LogP contribution >= 0.6 is 0 Å². The maximum Gasteiger partial charge on any atom is 0.196 e. The molecule has 0 bridgehead atoms. The van der Waals surface area contributed by atoms with Gasteiger partial charge in [-0.05, 0) is 56.9 Å². The zero-order valence-electron chi connectivity index (χ0n) is 19.4. The third-order valence-corrected chi connectivity index (χ3v) is 5.73. The Kier molecular flexibility index (Phi) is 7.38. The summed E-state index contributed by atoms with van der Waals surface area (Å²) in [4.78, 5) is 12.8. The first-order chi connectivity index (χ1) is 16.5. The van der Waals surface area contributed by atoms with Crippen molar-refractivity contribution in [3.8, 4) is 22.8 Å². The molecule has 0 saturated carbocycles. The first-order valence-electron chi connectivity index (χ1n) is 11.6. The number of hydrogen-bond donors (Lipinski definition) is 2. The Labute approximate surface area is 199 Å². The molecule has 6 heteroatoms. The summed E-state index contributed by atoms with van der Waals surface area (Å²) >= 11 is 0. The van der Waals surface area contributed by atoms with Crippen LogP contribution in [0.25, 0.3) is 22.3 Å². The summed E-state index contributed by atoms with van der Waals surface area (Å²) in [6.07, 6.45) is 3.90. The Balaban J connectivity index is 1.27. The lowest BCUT2D eigenvalue weighted by molar-refractivity contribution is 0.288. The molecule has 3 aromatic carbocycles. The van der Waals surface area contributed by atoms with Crippen molar-refractivity contribution in [1.29, 1.82) is 0 Å². The van der Waals surface area contributed by atoms with E-state index in [1.807, 2.05) is 36.4 Å². The summed E-state index contributed by atoms with van der Waals surface area (Å²) in [5, 5.41) is 0.561. The van der Waals surface area contributed by atoms with Crippen molar-refractivity contribution in [3.63, 3.8) is 0 Å². The Bertz CT molecular complexity index is 1320. The number of unbranched alkanes of at least 4 members (excludes halogenated alkanes) is 3. The third-order valence-electron chi connectivity index (χ3n) is 5.73. The second-order valence-electron chi connectivity index (χ2n) is 8.32. The van der Waals surface area contributed by atoms with Crippen LogP contribution in [0.3, 0.4) is 0 Å². The van der Waals surface area contributed by atoms with Crippen molar-refractivity contribution < 1.29 is 13.9 Å². The van der Waals surface area contributed by atoms with Gasteiger partial charge in [-0.1, -0.05) is 30.3 Å². The minimum Gasteiger partial charge on any atom is -0.493 e. The van der Waals surface area contributed by atoms with Gasteiger partial charge in [-0.15, -0.1) is 0 Å². The second kappa shape index (κ2) is 10.8. The quantitative estimate of drug-likeness (QED) is 0.225. The van der Waals surface area contributed by atoms with Gasteiger partial charge in [0.2, 0.25) is 0 Å². The molecule has 4 aromatic rings. The summed E-state index contributed by atoms with van der Waals surface area (Å²) in [7, 11) is 0. The van der Waals surface area contributed by atoms with E-state index >= 15 is 0 Å². The molecule has 0 spiro atoms. The van der Waals surface area contributed by atoms with Crippen LogP contribution in [-0.2, 0) is 0 Å². The van der Waals surface area contributed by atoms with Gasteiger partial charge in [0, 0.05) is 28.9 Å². The second-order valence-corrected chi connectivity index (χ2v) is 8.32. The third kappa shape index (κ3) is 5.52. The van der Waals surface area contributed by atoms with E-state index < -0.39 is 0 Å². The van der Waals surface area contributed by atoms with Crippen molar-refractivity contribution >= 4 is 22.3 Å². The standard InChI is InChI=1S/C28H30N2O4/c1-19-27(31)23-13-12-22(18-25(23)34-28(19)20-9-5-4-6-10-20)32-15-7-2-3-8-16-33-26-17-21(29)11-14-24(26)30/h4-6,9-14,17-18H,2-3,7-8,15-16,29-30H2,1H3. The number of anilines is 2. The smallest absolute Gasteiger partial charge is 0.196 e. The van der Waals surface area contributed by atoms with E-state index in [1.54, 1.807) is 37.3 Å². The number of benzene rings is 3. The van der Waals surface area contributed by atoms with Crippen molar-refractivity contribution in [2.24, 2.45) is 0 Å². The molecule has 0 amide bonds. The highest BCUT2D eigenvalue weighted by Gasteiger charge is 2.13. The van der Waals surface area contributed by atoms with Crippen LogP contribution in [0.15, 0.2) is 75.9 Å². The Hall–Kier alpha value is -3.93. The zero-order chi connectivity index (χ0) is 23.9. The fourth-order valence-corrected chi connectivity index (χ4v) is 3.83. The summed E-state index contributed by atoms with van der Waals surface area (Å²) in [5.74, 6) is 1.92. The number of hydrogen-bond acceptors (Lipinski definition) is 6. The average Bonchev–Trinajstić information content (AvgIpc) is 2.85. The predicted molar refractivity (Wildman–Crippen MR) is 137 cm³/mol. The van der Waals surface area contributed by atoms with Crippen LogP contribution in [0.5, 0.6) is 11.5 Å².